The molecule has 0 fully saturated rings. The van der Waals surface area contributed by atoms with Crippen LogP contribution in [0, 0.1) is 0 Å². The van der Waals surface area contributed by atoms with E-state index in [1.165, 1.54) is 26.4 Å². The van der Waals surface area contributed by atoms with Crippen molar-refractivity contribution in [3.63, 3.8) is 0 Å². The van der Waals surface area contributed by atoms with Gasteiger partial charge >= 0.3 is 11.9 Å². The third-order valence-corrected chi connectivity index (χ3v) is 4.42. The van der Waals surface area contributed by atoms with Crippen molar-refractivity contribution in [1.29, 1.82) is 0 Å². The number of carboxylic acids is 2. The van der Waals surface area contributed by atoms with Gasteiger partial charge in [-0.15, -0.1) is 0 Å². The molecular formula is C22H18O6. The lowest BCUT2D eigenvalue weighted by atomic mass is 9.93. The number of methoxy groups -OCH3 is 2. The summed E-state index contributed by atoms with van der Waals surface area (Å²) in [4.78, 5) is 23.2. The van der Waals surface area contributed by atoms with Crippen LogP contribution in [-0.4, -0.2) is 36.4 Å². The van der Waals surface area contributed by atoms with Crippen LogP contribution < -0.4 is 9.47 Å². The van der Waals surface area contributed by atoms with Crippen LogP contribution >= 0.6 is 0 Å². The smallest absolute Gasteiger partial charge is 0.336 e. The second kappa shape index (κ2) is 7.84. The lowest BCUT2D eigenvalue weighted by Gasteiger charge is -2.17. The van der Waals surface area contributed by atoms with Crippen molar-refractivity contribution in [2.45, 2.75) is 0 Å². The van der Waals surface area contributed by atoms with Crippen LogP contribution in [0.1, 0.15) is 20.7 Å². The van der Waals surface area contributed by atoms with Gasteiger partial charge in [0.05, 0.1) is 25.3 Å². The highest BCUT2D eigenvalue weighted by molar-refractivity contribution is 6.00. The van der Waals surface area contributed by atoms with Gasteiger partial charge in [0.25, 0.3) is 0 Å². The predicted octanol–water partition coefficient (Wildman–Crippen LogP) is 4.43. The van der Waals surface area contributed by atoms with Gasteiger partial charge in [0.15, 0.2) is 0 Å². The largest absolute Gasteiger partial charge is 0.496 e. The summed E-state index contributed by atoms with van der Waals surface area (Å²) < 4.78 is 11.0. The molecule has 3 aromatic rings. The fourth-order valence-electron chi connectivity index (χ4n) is 3.13. The van der Waals surface area contributed by atoms with Crippen molar-refractivity contribution >= 4 is 11.9 Å². The molecule has 0 spiro atoms. The van der Waals surface area contributed by atoms with E-state index in [2.05, 4.69) is 0 Å². The van der Waals surface area contributed by atoms with Crippen molar-refractivity contribution in [3.8, 4) is 33.8 Å². The Morgan fingerprint density at radius 3 is 1.32 bits per heavy atom. The number of benzene rings is 3. The fourth-order valence-corrected chi connectivity index (χ4v) is 3.13. The van der Waals surface area contributed by atoms with E-state index in [0.29, 0.717) is 33.8 Å². The molecule has 0 unspecified atom stereocenters. The molecule has 3 aromatic carbocycles. The standard InChI is InChI=1S/C22H18O6/c1-27-19-11-18(14-8-4-6-10-16(14)22(25)26)20(28-2)12-17(19)13-7-3-5-9-15(13)21(23)24/h3-12H,1-2H3,(H,23,24)(H,25,26). The topological polar surface area (TPSA) is 93.1 Å². The highest BCUT2D eigenvalue weighted by atomic mass is 16.5. The molecule has 0 aliphatic heterocycles. The van der Waals surface area contributed by atoms with Gasteiger partial charge in [0.1, 0.15) is 11.5 Å². The lowest BCUT2D eigenvalue weighted by Crippen LogP contribution is -2.03. The van der Waals surface area contributed by atoms with Gasteiger partial charge in [0, 0.05) is 22.3 Å². The van der Waals surface area contributed by atoms with E-state index in [4.69, 9.17) is 9.47 Å². The number of aromatic carboxylic acids is 2. The molecule has 0 bridgehead atoms. The molecule has 28 heavy (non-hydrogen) atoms. The Morgan fingerprint density at radius 1 is 0.643 bits per heavy atom. The molecule has 0 aliphatic carbocycles. The van der Waals surface area contributed by atoms with Crippen LogP contribution in [0.3, 0.4) is 0 Å². The SMILES string of the molecule is COc1cc(-c2ccccc2C(=O)O)c(OC)cc1-c1ccccc1C(=O)O. The molecule has 0 radical (unpaired) electrons. The summed E-state index contributed by atoms with van der Waals surface area (Å²) in [6.07, 6.45) is 0. The molecule has 6 heteroatoms. The van der Waals surface area contributed by atoms with Gasteiger partial charge in [-0.2, -0.15) is 0 Å². The molecular weight excluding hydrogens is 360 g/mol. The van der Waals surface area contributed by atoms with Gasteiger partial charge in [-0.05, 0) is 24.3 Å². The number of rotatable bonds is 6. The first-order chi connectivity index (χ1) is 13.5. The monoisotopic (exact) mass is 378 g/mol. The Kier molecular flexibility index (Phi) is 5.31. The van der Waals surface area contributed by atoms with Crippen LogP contribution in [0.25, 0.3) is 22.3 Å². The fraction of sp³-hybridized carbons (Fsp3) is 0.0909. The molecule has 0 amide bonds. The van der Waals surface area contributed by atoms with Crippen molar-refractivity contribution < 1.29 is 29.3 Å². The zero-order valence-electron chi connectivity index (χ0n) is 15.3. The molecule has 0 aromatic heterocycles. The molecule has 0 atom stereocenters. The average molecular weight is 378 g/mol. The first-order valence-corrected chi connectivity index (χ1v) is 8.39. The van der Waals surface area contributed by atoms with Crippen LogP contribution in [0.5, 0.6) is 11.5 Å². The van der Waals surface area contributed by atoms with Crippen LogP contribution in [0.4, 0.5) is 0 Å². The highest BCUT2D eigenvalue weighted by Crippen LogP contribution is 2.42. The van der Waals surface area contributed by atoms with Crippen LogP contribution in [0.2, 0.25) is 0 Å². The minimum Gasteiger partial charge on any atom is -0.496 e. The van der Waals surface area contributed by atoms with E-state index in [-0.39, 0.29) is 11.1 Å². The summed E-state index contributed by atoms with van der Waals surface area (Å²) in [5.74, 6) is -1.30. The second-order valence-corrected chi connectivity index (χ2v) is 5.95. The normalized spacial score (nSPS) is 10.4. The first kappa shape index (κ1) is 19.0. The van der Waals surface area contributed by atoms with E-state index in [1.807, 2.05) is 0 Å². The summed E-state index contributed by atoms with van der Waals surface area (Å²) in [7, 11) is 2.95. The van der Waals surface area contributed by atoms with Crippen molar-refractivity contribution in [2.24, 2.45) is 0 Å². The van der Waals surface area contributed by atoms with E-state index in [1.54, 1.807) is 48.5 Å². The Labute approximate surface area is 161 Å². The maximum atomic E-state index is 11.6. The van der Waals surface area contributed by atoms with E-state index in [0.717, 1.165) is 0 Å². The minimum atomic E-state index is -1.06. The van der Waals surface area contributed by atoms with Gasteiger partial charge in [0.2, 0.25) is 0 Å². The molecule has 0 aliphatic rings. The Morgan fingerprint density at radius 2 is 1.00 bits per heavy atom. The zero-order valence-corrected chi connectivity index (χ0v) is 15.3. The van der Waals surface area contributed by atoms with E-state index < -0.39 is 11.9 Å². The first-order valence-electron chi connectivity index (χ1n) is 8.39. The second-order valence-electron chi connectivity index (χ2n) is 5.95. The number of hydrogen-bond acceptors (Lipinski definition) is 4. The van der Waals surface area contributed by atoms with Crippen LogP contribution in [0.15, 0.2) is 60.7 Å². The average Bonchev–Trinajstić information content (AvgIpc) is 2.72. The Balaban J connectivity index is 2.29. The maximum absolute atomic E-state index is 11.6. The summed E-state index contributed by atoms with van der Waals surface area (Å²) in [5, 5.41) is 19.0. The van der Waals surface area contributed by atoms with Crippen molar-refractivity contribution in [3.05, 3.63) is 71.8 Å². The van der Waals surface area contributed by atoms with Gasteiger partial charge in [-0.1, -0.05) is 36.4 Å². The molecule has 3 rings (SSSR count). The van der Waals surface area contributed by atoms with Crippen molar-refractivity contribution in [1.82, 2.24) is 0 Å². The molecule has 0 saturated carbocycles. The van der Waals surface area contributed by atoms with Gasteiger partial charge in [-0.3, -0.25) is 0 Å². The third kappa shape index (κ3) is 3.40. The minimum absolute atomic E-state index is 0.126. The quantitative estimate of drug-likeness (QED) is 0.659. The van der Waals surface area contributed by atoms with Crippen molar-refractivity contribution in [2.75, 3.05) is 14.2 Å². The molecule has 142 valence electrons. The number of hydrogen-bond donors (Lipinski definition) is 2. The summed E-state index contributed by atoms with van der Waals surface area (Å²) in [6.45, 7) is 0. The number of carbonyl (C=O) groups is 2. The van der Waals surface area contributed by atoms with Gasteiger partial charge in [-0.25, -0.2) is 9.59 Å². The number of carboxylic acid groups (broad SMARTS) is 2. The van der Waals surface area contributed by atoms with Crippen LogP contribution in [-0.2, 0) is 0 Å². The van der Waals surface area contributed by atoms with E-state index >= 15 is 0 Å². The molecule has 0 heterocycles. The Hall–Kier alpha value is -3.80. The van der Waals surface area contributed by atoms with E-state index in [9.17, 15) is 19.8 Å². The van der Waals surface area contributed by atoms with Gasteiger partial charge < -0.3 is 19.7 Å². The summed E-state index contributed by atoms with van der Waals surface area (Å²) in [5.41, 5.74) is 2.28. The summed E-state index contributed by atoms with van der Waals surface area (Å²) in [6, 6.07) is 16.5. The lowest BCUT2D eigenvalue weighted by molar-refractivity contribution is 0.0687. The summed E-state index contributed by atoms with van der Waals surface area (Å²) >= 11 is 0. The molecule has 0 saturated heterocycles. The molecule has 6 nitrogen and oxygen atoms in total. The number of ether oxygens (including phenoxy) is 2. The highest BCUT2D eigenvalue weighted by Gasteiger charge is 2.21. The Bertz CT molecular complexity index is 969. The molecule has 2 N–H and O–H groups in total. The third-order valence-electron chi connectivity index (χ3n) is 4.42. The predicted molar refractivity (Wildman–Crippen MR) is 104 cm³/mol. The zero-order chi connectivity index (χ0) is 20.3. The maximum Gasteiger partial charge on any atom is 0.336 e.